The molecular weight excluding hydrogens is 390 g/mol. The first-order chi connectivity index (χ1) is 14.4. The predicted molar refractivity (Wildman–Crippen MR) is 110 cm³/mol. The lowest BCUT2D eigenvalue weighted by Crippen LogP contribution is -2.19. The molecule has 10 nitrogen and oxygen atoms in total. The molecule has 0 spiro atoms. The minimum Gasteiger partial charge on any atom is -0.493 e. The Morgan fingerprint density at radius 1 is 1.10 bits per heavy atom. The van der Waals surface area contributed by atoms with Crippen LogP contribution in [0.4, 0.5) is 5.82 Å². The number of rotatable bonds is 7. The second kappa shape index (κ2) is 8.68. The highest BCUT2D eigenvalue weighted by Gasteiger charge is 2.19. The zero-order valence-electron chi connectivity index (χ0n) is 17.4. The summed E-state index contributed by atoms with van der Waals surface area (Å²) in [5, 5.41) is 7.13. The van der Waals surface area contributed by atoms with E-state index in [1.807, 2.05) is 6.92 Å². The Morgan fingerprint density at radius 3 is 2.33 bits per heavy atom. The number of nitrogens with one attached hydrogen (secondary N) is 2. The van der Waals surface area contributed by atoms with E-state index in [1.54, 1.807) is 25.1 Å². The van der Waals surface area contributed by atoms with Crippen molar-refractivity contribution in [3.05, 3.63) is 51.6 Å². The number of hydrogen-bond acceptors (Lipinski definition) is 7. The molecule has 3 aromatic rings. The van der Waals surface area contributed by atoms with Gasteiger partial charge in [-0.15, -0.1) is 0 Å². The minimum atomic E-state index is -0.426. The molecule has 0 unspecified atom stereocenters. The van der Waals surface area contributed by atoms with E-state index in [0.717, 1.165) is 0 Å². The summed E-state index contributed by atoms with van der Waals surface area (Å²) in [6.45, 7) is 3.67. The maximum atomic E-state index is 12.9. The van der Waals surface area contributed by atoms with Crippen LogP contribution in [0.3, 0.4) is 0 Å². The second-order valence-corrected chi connectivity index (χ2v) is 6.36. The van der Waals surface area contributed by atoms with Crippen molar-refractivity contribution in [1.29, 1.82) is 0 Å². The summed E-state index contributed by atoms with van der Waals surface area (Å²) in [6.07, 6.45) is 0.588. The summed E-state index contributed by atoms with van der Waals surface area (Å²) < 4.78 is 17.3. The summed E-state index contributed by atoms with van der Waals surface area (Å²) in [5.41, 5.74) is 1.24. The summed E-state index contributed by atoms with van der Waals surface area (Å²) in [6, 6.07) is 6.19. The molecule has 2 aromatic heterocycles. The van der Waals surface area contributed by atoms with Crippen molar-refractivity contribution in [2.45, 2.75) is 20.3 Å². The van der Waals surface area contributed by atoms with Crippen LogP contribution in [-0.4, -0.2) is 47.0 Å². The number of benzene rings is 1. The number of H-pyrrole nitrogens is 1. The largest absolute Gasteiger partial charge is 0.493 e. The van der Waals surface area contributed by atoms with Gasteiger partial charge < -0.3 is 19.5 Å². The summed E-state index contributed by atoms with van der Waals surface area (Å²) in [7, 11) is 4.43. The fraction of sp³-hybridized carbons (Fsp3) is 0.300. The fourth-order valence-electron chi connectivity index (χ4n) is 2.93. The summed E-state index contributed by atoms with van der Waals surface area (Å²) in [5.74, 6) is 1.23. The van der Waals surface area contributed by atoms with Crippen LogP contribution >= 0.6 is 0 Å². The van der Waals surface area contributed by atoms with E-state index in [4.69, 9.17) is 14.2 Å². The number of nitrogens with zero attached hydrogens (tertiary/aromatic N) is 3. The molecule has 0 aliphatic carbocycles. The van der Waals surface area contributed by atoms with Gasteiger partial charge in [0.25, 0.3) is 11.5 Å². The van der Waals surface area contributed by atoms with E-state index in [0.29, 0.717) is 46.4 Å². The highest BCUT2D eigenvalue weighted by molar-refractivity contribution is 6.04. The van der Waals surface area contributed by atoms with Crippen LogP contribution < -0.4 is 25.1 Å². The Balaban J connectivity index is 1.99. The van der Waals surface area contributed by atoms with Crippen LogP contribution in [0.1, 0.15) is 28.7 Å². The van der Waals surface area contributed by atoms with E-state index >= 15 is 0 Å². The Labute approximate surface area is 172 Å². The molecule has 2 N–H and O–H groups in total. The number of aryl methyl sites for hydroxylation is 2. The minimum absolute atomic E-state index is 0.215. The Kier molecular flexibility index (Phi) is 6.05. The first-order valence-corrected chi connectivity index (χ1v) is 9.18. The van der Waals surface area contributed by atoms with E-state index in [1.165, 1.54) is 32.1 Å². The average molecular weight is 413 g/mol. The smallest absolute Gasteiger partial charge is 0.257 e. The van der Waals surface area contributed by atoms with Crippen molar-refractivity contribution in [2.24, 2.45) is 0 Å². The predicted octanol–water partition coefficient (Wildman–Crippen LogP) is 2.10. The van der Waals surface area contributed by atoms with E-state index in [-0.39, 0.29) is 11.5 Å². The number of aromatic amines is 1. The third kappa shape index (κ3) is 4.12. The average Bonchev–Trinajstić information content (AvgIpc) is 3.11. The molecule has 3 rings (SSSR count). The normalized spacial score (nSPS) is 10.6. The van der Waals surface area contributed by atoms with E-state index in [9.17, 15) is 9.59 Å². The standard InChI is InChI=1S/C20H23N5O5/c1-6-13-10-17(26)23-20(21-13)25-16(7-11(2)24-25)22-19(27)12-8-14(28-3)18(30-5)15(9-12)29-4/h7-10H,6H2,1-5H3,(H,22,27)(H,21,23,26). The molecule has 10 heteroatoms. The lowest BCUT2D eigenvalue weighted by Gasteiger charge is -2.14. The topological polar surface area (TPSA) is 120 Å². The summed E-state index contributed by atoms with van der Waals surface area (Å²) in [4.78, 5) is 31.9. The van der Waals surface area contributed by atoms with Crippen LogP contribution in [0.5, 0.6) is 17.2 Å². The van der Waals surface area contributed by atoms with Crippen LogP contribution in [0, 0.1) is 6.92 Å². The maximum absolute atomic E-state index is 12.9. The first-order valence-electron chi connectivity index (χ1n) is 9.18. The van der Waals surface area contributed by atoms with Gasteiger partial charge in [-0.25, -0.2) is 4.98 Å². The number of ether oxygens (including phenoxy) is 3. The van der Waals surface area contributed by atoms with Crippen molar-refractivity contribution >= 4 is 11.7 Å². The van der Waals surface area contributed by atoms with Crippen LogP contribution in [0.2, 0.25) is 0 Å². The zero-order valence-corrected chi connectivity index (χ0v) is 17.4. The molecule has 0 atom stereocenters. The molecule has 1 amide bonds. The van der Waals surface area contributed by atoms with Crippen LogP contribution in [0.25, 0.3) is 5.95 Å². The number of aromatic nitrogens is 4. The number of carbonyl (C=O) groups is 1. The molecule has 0 bridgehead atoms. The van der Waals surface area contributed by atoms with Gasteiger partial charge in [-0.1, -0.05) is 6.92 Å². The molecule has 0 fully saturated rings. The van der Waals surface area contributed by atoms with E-state index in [2.05, 4.69) is 20.4 Å². The van der Waals surface area contributed by atoms with E-state index < -0.39 is 5.91 Å². The van der Waals surface area contributed by atoms with Gasteiger partial charge in [0.2, 0.25) is 11.7 Å². The van der Waals surface area contributed by atoms with Crippen LogP contribution in [0.15, 0.2) is 29.1 Å². The first kappa shape index (κ1) is 20.9. The quantitative estimate of drug-likeness (QED) is 0.608. The number of amides is 1. The van der Waals surface area contributed by atoms with Crippen LogP contribution in [-0.2, 0) is 6.42 Å². The van der Waals surface area contributed by atoms with Crippen molar-refractivity contribution < 1.29 is 19.0 Å². The monoisotopic (exact) mass is 413 g/mol. The molecule has 0 saturated carbocycles. The summed E-state index contributed by atoms with van der Waals surface area (Å²) >= 11 is 0. The highest BCUT2D eigenvalue weighted by Crippen LogP contribution is 2.38. The zero-order chi connectivity index (χ0) is 21.8. The molecule has 30 heavy (non-hydrogen) atoms. The SMILES string of the molecule is CCc1cc(=O)[nH]c(-n2nc(C)cc2NC(=O)c2cc(OC)c(OC)c(OC)c2)n1. The highest BCUT2D eigenvalue weighted by atomic mass is 16.5. The Bertz CT molecular complexity index is 1110. The molecule has 2 heterocycles. The molecule has 158 valence electrons. The third-order valence-corrected chi connectivity index (χ3v) is 4.35. The second-order valence-electron chi connectivity index (χ2n) is 6.36. The lowest BCUT2D eigenvalue weighted by molar-refractivity contribution is 0.102. The molecule has 0 saturated heterocycles. The molecule has 1 aromatic carbocycles. The van der Waals surface area contributed by atoms with Crippen molar-refractivity contribution in [3.8, 4) is 23.2 Å². The van der Waals surface area contributed by atoms with Gasteiger partial charge in [0.15, 0.2) is 11.5 Å². The number of hydrogen-bond donors (Lipinski definition) is 2. The molecule has 0 aliphatic heterocycles. The van der Waals surface area contributed by atoms with Crippen molar-refractivity contribution in [2.75, 3.05) is 26.6 Å². The number of methoxy groups -OCH3 is 3. The Hall–Kier alpha value is -3.82. The van der Waals surface area contributed by atoms with Crippen molar-refractivity contribution in [3.63, 3.8) is 0 Å². The van der Waals surface area contributed by atoms with Gasteiger partial charge in [0.1, 0.15) is 5.82 Å². The lowest BCUT2D eigenvalue weighted by atomic mass is 10.1. The molecular formula is C20H23N5O5. The van der Waals surface area contributed by atoms with Gasteiger partial charge in [0.05, 0.1) is 27.0 Å². The molecule has 0 aliphatic rings. The molecule has 0 radical (unpaired) electrons. The third-order valence-electron chi connectivity index (χ3n) is 4.35. The fourth-order valence-corrected chi connectivity index (χ4v) is 2.93. The van der Waals surface area contributed by atoms with Gasteiger partial charge in [0, 0.05) is 23.4 Å². The van der Waals surface area contributed by atoms with Gasteiger partial charge >= 0.3 is 0 Å². The van der Waals surface area contributed by atoms with Gasteiger partial charge in [-0.3, -0.25) is 14.6 Å². The Morgan fingerprint density at radius 2 is 1.77 bits per heavy atom. The van der Waals surface area contributed by atoms with Crippen molar-refractivity contribution in [1.82, 2.24) is 19.7 Å². The maximum Gasteiger partial charge on any atom is 0.257 e. The number of anilines is 1. The van der Waals surface area contributed by atoms with Gasteiger partial charge in [-0.2, -0.15) is 9.78 Å². The number of carbonyl (C=O) groups excluding carboxylic acids is 1. The van der Waals surface area contributed by atoms with Gasteiger partial charge in [-0.05, 0) is 25.5 Å².